The van der Waals surface area contributed by atoms with Gasteiger partial charge in [0.05, 0.1) is 12.2 Å². The Bertz CT molecular complexity index is 463. The van der Waals surface area contributed by atoms with Crippen molar-refractivity contribution in [3.8, 4) is 0 Å². The first-order valence-electron chi connectivity index (χ1n) is 6.78. The van der Waals surface area contributed by atoms with Crippen LogP contribution in [0, 0.1) is 0 Å². The molecule has 0 amide bonds. The third-order valence-electron chi connectivity index (χ3n) is 3.94. The van der Waals surface area contributed by atoms with Gasteiger partial charge in [-0.1, -0.05) is 39.0 Å². The zero-order chi connectivity index (χ0) is 14.1. The molecule has 0 unspecified atom stereocenters. The van der Waals surface area contributed by atoms with E-state index in [-0.39, 0.29) is 5.04 Å². The molecular formula is C15H24N2OSi. The van der Waals surface area contributed by atoms with Gasteiger partial charge in [-0.2, -0.15) is 0 Å². The summed E-state index contributed by atoms with van der Waals surface area (Å²) >= 11 is 0. The Balaban J connectivity index is 2.00. The van der Waals surface area contributed by atoms with E-state index in [1.807, 2.05) is 18.2 Å². The smallest absolute Gasteiger partial charge is 0.252 e. The fourth-order valence-corrected chi connectivity index (χ4v) is 2.65. The van der Waals surface area contributed by atoms with Crippen molar-refractivity contribution >= 4 is 14.0 Å². The Morgan fingerprint density at radius 3 is 2.37 bits per heavy atom. The van der Waals surface area contributed by atoms with E-state index in [9.17, 15) is 0 Å². The minimum atomic E-state index is -1.76. The molecule has 1 aromatic carbocycles. The lowest BCUT2D eigenvalue weighted by molar-refractivity contribution is 0.355. The lowest BCUT2D eigenvalue weighted by Gasteiger charge is -2.37. The molecule has 2 rings (SSSR count). The van der Waals surface area contributed by atoms with E-state index in [1.165, 1.54) is 0 Å². The van der Waals surface area contributed by atoms with Crippen LogP contribution in [0.5, 0.6) is 0 Å². The summed E-state index contributed by atoms with van der Waals surface area (Å²) in [5.74, 6) is 0.899. The summed E-state index contributed by atoms with van der Waals surface area (Å²) in [5, 5.41) is 2.32. The van der Waals surface area contributed by atoms with Gasteiger partial charge in [-0.3, -0.25) is 10.4 Å². The molecule has 0 spiro atoms. The molecule has 1 aliphatic heterocycles. The number of nitrogens with zero attached hydrogens (tertiary/aromatic N) is 1. The van der Waals surface area contributed by atoms with Crippen molar-refractivity contribution in [1.82, 2.24) is 5.43 Å². The van der Waals surface area contributed by atoms with E-state index in [1.54, 1.807) is 0 Å². The molecule has 0 bridgehead atoms. The summed E-state index contributed by atoms with van der Waals surface area (Å²) in [7, 11) is -1.76. The maximum absolute atomic E-state index is 6.26. The van der Waals surface area contributed by atoms with E-state index in [0.717, 1.165) is 18.1 Å². The molecule has 0 atom stereocenters. The summed E-state index contributed by atoms with van der Waals surface area (Å²) in [4.78, 5) is 0. The Kier molecular flexibility index (Phi) is 3.63. The zero-order valence-electron chi connectivity index (χ0n) is 12.5. The number of hydrogen-bond acceptors (Lipinski definition) is 3. The quantitative estimate of drug-likeness (QED) is 0.848. The number of hydrazine groups is 1. The second-order valence-electron chi connectivity index (χ2n) is 6.49. The molecule has 0 radical (unpaired) electrons. The van der Waals surface area contributed by atoms with E-state index in [0.29, 0.717) is 0 Å². The Morgan fingerprint density at radius 2 is 1.79 bits per heavy atom. The van der Waals surface area contributed by atoms with Crippen LogP contribution in [-0.4, -0.2) is 14.9 Å². The monoisotopic (exact) mass is 276 g/mol. The second kappa shape index (κ2) is 4.93. The molecule has 0 saturated heterocycles. The van der Waals surface area contributed by atoms with Gasteiger partial charge in [-0.05, 0) is 36.3 Å². The highest BCUT2D eigenvalue weighted by molar-refractivity contribution is 6.74. The highest BCUT2D eigenvalue weighted by Crippen LogP contribution is 2.38. The van der Waals surface area contributed by atoms with Gasteiger partial charge in [-0.15, -0.1) is 0 Å². The fraction of sp³-hybridized carbons (Fsp3) is 0.467. The molecule has 104 valence electrons. The van der Waals surface area contributed by atoms with Gasteiger partial charge in [0.25, 0.3) is 8.32 Å². The molecule has 4 heteroatoms. The van der Waals surface area contributed by atoms with Crippen LogP contribution in [-0.2, 0) is 4.43 Å². The van der Waals surface area contributed by atoms with E-state index in [2.05, 4.69) is 62.5 Å². The van der Waals surface area contributed by atoms with Gasteiger partial charge >= 0.3 is 0 Å². The Morgan fingerprint density at radius 1 is 1.16 bits per heavy atom. The van der Waals surface area contributed by atoms with Crippen LogP contribution < -0.4 is 10.4 Å². The van der Waals surface area contributed by atoms with Crippen LogP contribution in [0.25, 0.3) is 0 Å². The van der Waals surface area contributed by atoms with Crippen LogP contribution in [0.2, 0.25) is 18.1 Å². The van der Waals surface area contributed by atoms with Gasteiger partial charge in [-0.25, -0.2) is 0 Å². The molecule has 0 saturated carbocycles. The predicted octanol–water partition coefficient (Wildman–Crippen LogP) is 3.87. The molecule has 0 fully saturated rings. The summed E-state index contributed by atoms with van der Waals surface area (Å²) in [6.07, 6.45) is 2.12. The van der Waals surface area contributed by atoms with Crippen molar-refractivity contribution in [3.05, 3.63) is 42.3 Å². The maximum Gasteiger partial charge on any atom is 0.252 e. The Labute approximate surface area is 117 Å². The van der Waals surface area contributed by atoms with Crippen LogP contribution >= 0.6 is 0 Å². The summed E-state index contributed by atoms with van der Waals surface area (Å²) in [6.45, 7) is 12.1. The van der Waals surface area contributed by atoms with Crippen molar-refractivity contribution in [2.75, 3.05) is 11.6 Å². The van der Waals surface area contributed by atoms with Gasteiger partial charge in [0, 0.05) is 0 Å². The second-order valence-corrected chi connectivity index (χ2v) is 11.2. The van der Waals surface area contributed by atoms with Crippen LogP contribution in [0.15, 0.2) is 42.3 Å². The number of anilines is 1. The van der Waals surface area contributed by atoms with Crippen molar-refractivity contribution in [3.63, 3.8) is 0 Å². The lowest BCUT2D eigenvalue weighted by atomic mass is 10.2. The van der Waals surface area contributed by atoms with Gasteiger partial charge in [0.15, 0.2) is 5.88 Å². The third kappa shape index (κ3) is 3.12. The first-order chi connectivity index (χ1) is 8.79. The standard InChI is InChI=1S/C15H24N2OSi/c1-15(2,3)19(4,5)18-14-11-12-17(16-14)13-9-7-6-8-10-13/h6-11,16H,12H2,1-5H3. The summed E-state index contributed by atoms with van der Waals surface area (Å²) in [6, 6.07) is 10.3. The van der Waals surface area contributed by atoms with Gasteiger partial charge in [0.2, 0.25) is 0 Å². The molecule has 0 aromatic heterocycles. The van der Waals surface area contributed by atoms with Crippen molar-refractivity contribution < 1.29 is 4.43 Å². The number of para-hydroxylation sites is 1. The van der Waals surface area contributed by atoms with Crippen LogP contribution in [0.3, 0.4) is 0 Å². The van der Waals surface area contributed by atoms with Crippen molar-refractivity contribution in [1.29, 1.82) is 0 Å². The zero-order valence-corrected chi connectivity index (χ0v) is 13.5. The summed E-state index contributed by atoms with van der Waals surface area (Å²) in [5.41, 5.74) is 4.50. The summed E-state index contributed by atoms with van der Waals surface area (Å²) < 4.78 is 6.26. The molecule has 19 heavy (non-hydrogen) atoms. The minimum absolute atomic E-state index is 0.218. The molecule has 0 aliphatic carbocycles. The Hall–Kier alpha value is -1.42. The van der Waals surface area contributed by atoms with Gasteiger partial charge < -0.3 is 4.43 Å². The highest BCUT2D eigenvalue weighted by atomic mass is 28.4. The lowest BCUT2D eigenvalue weighted by Crippen LogP contribution is -2.43. The predicted molar refractivity (Wildman–Crippen MR) is 83.3 cm³/mol. The topological polar surface area (TPSA) is 24.5 Å². The first-order valence-corrected chi connectivity index (χ1v) is 9.69. The first kappa shape index (κ1) is 14.0. The van der Waals surface area contributed by atoms with E-state index >= 15 is 0 Å². The average molecular weight is 276 g/mol. The molecule has 3 nitrogen and oxygen atoms in total. The normalized spacial score (nSPS) is 16.1. The molecule has 1 aliphatic rings. The van der Waals surface area contributed by atoms with Crippen molar-refractivity contribution in [2.45, 2.75) is 38.9 Å². The number of hydrogen-bond donors (Lipinski definition) is 1. The van der Waals surface area contributed by atoms with E-state index < -0.39 is 8.32 Å². The fourth-order valence-electron chi connectivity index (χ4n) is 1.67. The van der Waals surface area contributed by atoms with E-state index in [4.69, 9.17) is 4.43 Å². The third-order valence-corrected chi connectivity index (χ3v) is 8.29. The molecule has 1 N–H and O–H groups in total. The highest BCUT2D eigenvalue weighted by Gasteiger charge is 2.40. The van der Waals surface area contributed by atoms with Crippen LogP contribution in [0.4, 0.5) is 5.69 Å². The number of rotatable bonds is 3. The van der Waals surface area contributed by atoms with Gasteiger partial charge in [0.1, 0.15) is 0 Å². The van der Waals surface area contributed by atoms with Crippen molar-refractivity contribution in [2.24, 2.45) is 0 Å². The number of benzene rings is 1. The largest absolute Gasteiger partial charge is 0.531 e. The maximum atomic E-state index is 6.26. The molecular weight excluding hydrogens is 252 g/mol. The minimum Gasteiger partial charge on any atom is -0.531 e. The SMILES string of the molecule is CC(C)(C)[Si](C)(C)OC1=CCN(c2ccccc2)N1. The van der Waals surface area contributed by atoms with Crippen LogP contribution in [0.1, 0.15) is 20.8 Å². The number of nitrogens with one attached hydrogen (secondary N) is 1. The molecule has 1 aromatic rings. The average Bonchev–Trinajstić information content (AvgIpc) is 2.76. The molecule has 1 heterocycles.